The van der Waals surface area contributed by atoms with E-state index in [1.807, 2.05) is 27.7 Å². The Morgan fingerprint density at radius 1 is 1.44 bits per heavy atom. The third-order valence-electron chi connectivity index (χ3n) is 6.19. The lowest BCUT2D eigenvalue weighted by atomic mass is 9.53. The fourth-order valence-electron chi connectivity index (χ4n) is 4.62. The summed E-state index contributed by atoms with van der Waals surface area (Å²) in [5.74, 6) is -0.458. The minimum absolute atomic E-state index is 0.143. The Morgan fingerprint density at radius 3 is 2.76 bits per heavy atom. The summed E-state index contributed by atoms with van der Waals surface area (Å²) in [6.07, 6.45) is 1.94. The summed E-state index contributed by atoms with van der Waals surface area (Å²) in [6, 6.07) is 0. The number of ketones is 1. The van der Waals surface area contributed by atoms with E-state index >= 15 is 0 Å². The van der Waals surface area contributed by atoms with E-state index < -0.39 is 23.5 Å². The molecule has 1 saturated carbocycles. The highest BCUT2D eigenvalue weighted by Gasteiger charge is 2.61. The smallest absolute Gasteiger partial charge is 0.306 e. The van der Waals surface area contributed by atoms with Gasteiger partial charge in [-0.2, -0.15) is 0 Å². The van der Waals surface area contributed by atoms with Gasteiger partial charge in [-0.1, -0.05) is 27.7 Å². The van der Waals surface area contributed by atoms with Crippen LogP contribution in [0, 0.1) is 30.1 Å². The third-order valence-corrected chi connectivity index (χ3v) is 6.19. The van der Waals surface area contributed by atoms with Crippen LogP contribution >= 0.6 is 0 Å². The Hall–Kier alpha value is -1.62. The van der Waals surface area contributed by atoms with Crippen molar-refractivity contribution in [3.8, 4) is 0 Å². The van der Waals surface area contributed by atoms with Gasteiger partial charge in [-0.3, -0.25) is 9.59 Å². The number of aryl methyl sites for hydroxylation is 1. The van der Waals surface area contributed by atoms with E-state index in [1.165, 1.54) is 0 Å². The molecule has 2 aliphatic carbocycles. The van der Waals surface area contributed by atoms with Crippen LogP contribution in [-0.4, -0.2) is 23.0 Å². The molecule has 3 rings (SSSR count). The van der Waals surface area contributed by atoms with Crippen molar-refractivity contribution in [1.82, 2.24) is 0 Å². The molecule has 5 heteroatoms. The molecule has 1 heterocycles. The highest BCUT2D eigenvalue weighted by Crippen LogP contribution is 2.59. The number of hydrogen-bond acceptors (Lipinski definition) is 5. The second kappa shape index (κ2) is 6.27. The van der Waals surface area contributed by atoms with Gasteiger partial charge in [-0.25, -0.2) is 0 Å². The van der Waals surface area contributed by atoms with Crippen molar-refractivity contribution < 1.29 is 23.8 Å². The molecule has 0 spiro atoms. The van der Waals surface area contributed by atoms with Gasteiger partial charge in [-0.15, -0.1) is 0 Å². The van der Waals surface area contributed by atoms with E-state index in [2.05, 4.69) is 6.92 Å². The first-order valence-electron chi connectivity index (χ1n) is 9.17. The first-order valence-corrected chi connectivity index (χ1v) is 9.17. The van der Waals surface area contributed by atoms with Crippen LogP contribution < -0.4 is 0 Å². The normalized spacial score (nSPS) is 34.6. The minimum Gasteiger partial charge on any atom is -0.460 e. The number of aliphatic hydroxyl groups is 1. The second-order valence-corrected chi connectivity index (χ2v) is 8.38. The van der Waals surface area contributed by atoms with Crippen LogP contribution in [0.3, 0.4) is 0 Å². The summed E-state index contributed by atoms with van der Waals surface area (Å²) < 4.78 is 11.5. The maximum Gasteiger partial charge on any atom is 0.306 e. The molecule has 0 bridgehead atoms. The van der Waals surface area contributed by atoms with Gasteiger partial charge in [0.2, 0.25) is 5.78 Å². The first-order chi connectivity index (χ1) is 11.7. The van der Waals surface area contributed by atoms with Crippen molar-refractivity contribution in [2.45, 2.75) is 66.1 Å². The van der Waals surface area contributed by atoms with Crippen LogP contribution in [-0.2, 0) is 9.53 Å². The maximum absolute atomic E-state index is 13.0. The van der Waals surface area contributed by atoms with E-state index in [1.54, 1.807) is 6.26 Å². The monoisotopic (exact) mass is 348 g/mol. The number of carbonyl (C=O) groups excluding carboxylic acids is 2. The molecular weight excluding hydrogens is 320 g/mol. The molecule has 5 atom stereocenters. The third kappa shape index (κ3) is 2.73. The number of ether oxygens (including phenoxy) is 1. The van der Waals surface area contributed by atoms with Gasteiger partial charge in [0.05, 0.1) is 18.3 Å². The summed E-state index contributed by atoms with van der Waals surface area (Å²) in [7, 11) is 0. The average Bonchev–Trinajstić information content (AvgIpc) is 2.89. The molecule has 138 valence electrons. The molecule has 2 aliphatic rings. The Labute approximate surface area is 148 Å². The van der Waals surface area contributed by atoms with Crippen molar-refractivity contribution in [3.05, 3.63) is 23.2 Å². The highest BCUT2D eigenvalue weighted by molar-refractivity contribution is 5.99. The largest absolute Gasteiger partial charge is 0.460 e. The molecule has 5 nitrogen and oxygen atoms in total. The Morgan fingerprint density at radius 2 is 2.12 bits per heavy atom. The molecule has 0 radical (unpaired) electrons. The molecule has 0 aliphatic heterocycles. The summed E-state index contributed by atoms with van der Waals surface area (Å²) in [5, 5.41) is 10.6. The number of fused-ring (bicyclic) bond motifs is 2. The van der Waals surface area contributed by atoms with E-state index in [0.717, 1.165) is 12.0 Å². The molecule has 1 aromatic rings. The molecule has 1 fully saturated rings. The second-order valence-electron chi connectivity index (χ2n) is 8.38. The van der Waals surface area contributed by atoms with Gasteiger partial charge in [0.15, 0.2) is 5.76 Å². The summed E-state index contributed by atoms with van der Waals surface area (Å²) in [5.41, 5.74) is 0.864. The zero-order valence-electron chi connectivity index (χ0n) is 15.7. The minimum atomic E-state index is -0.737. The van der Waals surface area contributed by atoms with Crippen LogP contribution in [0.5, 0.6) is 0 Å². The molecule has 1 N–H and O–H groups in total. The lowest BCUT2D eigenvalue weighted by Gasteiger charge is -2.53. The number of hydrogen-bond donors (Lipinski definition) is 1. The fraction of sp³-hybridized carbons (Fsp3) is 0.700. The number of aliphatic hydroxyl groups excluding tert-OH is 1. The van der Waals surface area contributed by atoms with Crippen molar-refractivity contribution in [1.29, 1.82) is 0 Å². The number of Topliss-reactive ketones (excluding diaryl/α,β-unsaturated/α-hetero) is 1. The molecule has 0 amide bonds. The lowest BCUT2D eigenvalue weighted by molar-refractivity contribution is -0.173. The average molecular weight is 348 g/mol. The van der Waals surface area contributed by atoms with Crippen molar-refractivity contribution in [2.75, 3.05) is 0 Å². The molecular formula is C20H28O5. The lowest BCUT2D eigenvalue weighted by Crippen LogP contribution is -2.55. The topological polar surface area (TPSA) is 76.7 Å². The zero-order chi connectivity index (χ0) is 18.5. The predicted molar refractivity (Wildman–Crippen MR) is 92.1 cm³/mol. The molecule has 1 aromatic heterocycles. The van der Waals surface area contributed by atoms with Gasteiger partial charge in [-0.05, 0) is 37.2 Å². The van der Waals surface area contributed by atoms with Crippen LogP contribution in [0.1, 0.15) is 74.7 Å². The standard InChI is InChI=1S/C20H28O5/c1-10(2)8-14(22)25-19-15-11(3)9-24-18(15)17(23)16-13(21)7-6-12(4)20(16,19)5/h9-10,12-13,16,19,21H,6-8H2,1-5H3. The number of rotatable bonds is 3. The summed E-state index contributed by atoms with van der Waals surface area (Å²) >= 11 is 0. The van der Waals surface area contributed by atoms with Crippen molar-refractivity contribution in [2.24, 2.45) is 23.2 Å². The van der Waals surface area contributed by atoms with Gasteiger partial charge in [0, 0.05) is 17.4 Å². The highest BCUT2D eigenvalue weighted by atomic mass is 16.5. The maximum atomic E-state index is 13.0. The number of furan rings is 1. The van der Waals surface area contributed by atoms with E-state index in [9.17, 15) is 14.7 Å². The van der Waals surface area contributed by atoms with Crippen LogP contribution in [0.2, 0.25) is 0 Å². The zero-order valence-corrected chi connectivity index (χ0v) is 15.7. The van der Waals surface area contributed by atoms with Gasteiger partial charge in [0.25, 0.3) is 0 Å². The number of carbonyl (C=O) groups is 2. The van der Waals surface area contributed by atoms with Crippen LogP contribution in [0.4, 0.5) is 0 Å². The predicted octanol–water partition coefficient (Wildman–Crippen LogP) is 3.83. The van der Waals surface area contributed by atoms with Gasteiger partial charge < -0.3 is 14.3 Å². The van der Waals surface area contributed by atoms with Gasteiger partial charge in [0.1, 0.15) is 6.10 Å². The fourth-order valence-corrected chi connectivity index (χ4v) is 4.62. The van der Waals surface area contributed by atoms with Crippen LogP contribution in [0.15, 0.2) is 10.7 Å². The Bertz CT molecular complexity index is 688. The Balaban J connectivity index is 2.10. The van der Waals surface area contributed by atoms with Crippen molar-refractivity contribution in [3.63, 3.8) is 0 Å². The Kier molecular flexibility index (Phi) is 4.56. The van der Waals surface area contributed by atoms with E-state index in [0.29, 0.717) is 18.4 Å². The number of esters is 1. The molecule has 0 aromatic carbocycles. The van der Waals surface area contributed by atoms with Crippen LogP contribution in [0.25, 0.3) is 0 Å². The SMILES string of the molecule is Cc1coc2c1C(OC(=O)CC(C)C)C1(C)C(C)CCC(O)C1C2=O. The quantitative estimate of drug-likeness (QED) is 0.840. The summed E-state index contributed by atoms with van der Waals surface area (Å²) in [6.45, 7) is 9.86. The molecule has 5 unspecified atom stereocenters. The molecule has 25 heavy (non-hydrogen) atoms. The van der Waals surface area contributed by atoms with E-state index in [4.69, 9.17) is 9.15 Å². The van der Waals surface area contributed by atoms with Gasteiger partial charge >= 0.3 is 5.97 Å². The summed E-state index contributed by atoms with van der Waals surface area (Å²) in [4.78, 5) is 25.5. The molecule has 0 saturated heterocycles. The van der Waals surface area contributed by atoms with Crippen molar-refractivity contribution >= 4 is 11.8 Å². The van der Waals surface area contributed by atoms with E-state index in [-0.39, 0.29) is 29.3 Å². The first kappa shape index (κ1) is 18.2.